The number of anilines is 1. The van der Waals surface area contributed by atoms with Gasteiger partial charge in [-0.15, -0.1) is 12.4 Å². The minimum absolute atomic E-state index is 0. The summed E-state index contributed by atoms with van der Waals surface area (Å²) in [6.07, 6.45) is 2.89. The summed E-state index contributed by atoms with van der Waals surface area (Å²) in [7, 11) is 0. The van der Waals surface area contributed by atoms with E-state index in [1.54, 1.807) is 0 Å². The second-order valence-corrected chi connectivity index (χ2v) is 5.17. The summed E-state index contributed by atoms with van der Waals surface area (Å²) in [4.78, 5) is 23.0. The van der Waals surface area contributed by atoms with Gasteiger partial charge >= 0.3 is 0 Å². The van der Waals surface area contributed by atoms with Crippen LogP contribution < -0.4 is 22.3 Å². The van der Waals surface area contributed by atoms with Gasteiger partial charge in [-0.3, -0.25) is 9.59 Å². The largest absolute Gasteiger partial charge is 0.395 e. The Labute approximate surface area is 122 Å². The minimum Gasteiger partial charge on any atom is -0.395 e. The minimum atomic E-state index is -0.530. The lowest BCUT2D eigenvalue weighted by molar-refractivity contribution is 0.610. The van der Waals surface area contributed by atoms with Gasteiger partial charge in [-0.2, -0.15) is 0 Å². The maximum absolute atomic E-state index is 11.7. The molecule has 0 bridgehead atoms. The lowest BCUT2D eigenvalue weighted by Crippen LogP contribution is -2.40. The normalized spacial score (nSPS) is 17.6. The van der Waals surface area contributed by atoms with Gasteiger partial charge in [0.15, 0.2) is 0 Å². The van der Waals surface area contributed by atoms with Gasteiger partial charge in [-0.05, 0) is 36.0 Å². The standard InChI is InChI=1S/C15H16N2O2.ClH/c16-7-8-4-5-9-2-1-3-10(11(9)6-8)12-13(17)15(19)14(12)18;/h4-6,10H,1-3,7,16-17H2;1H. The Morgan fingerprint density at radius 2 is 1.95 bits per heavy atom. The van der Waals surface area contributed by atoms with Crippen molar-refractivity contribution in [2.24, 2.45) is 5.73 Å². The number of rotatable bonds is 2. The first-order valence-electron chi connectivity index (χ1n) is 6.54. The molecule has 0 amide bonds. The number of hydrogen-bond acceptors (Lipinski definition) is 4. The average Bonchev–Trinajstić information content (AvgIpc) is 2.46. The van der Waals surface area contributed by atoms with Crippen LogP contribution in [0.1, 0.15) is 41.0 Å². The molecule has 1 atom stereocenters. The summed E-state index contributed by atoms with van der Waals surface area (Å²) in [5.41, 5.74) is 14.5. The van der Waals surface area contributed by atoms with Crippen LogP contribution in [0.3, 0.4) is 0 Å². The van der Waals surface area contributed by atoms with Gasteiger partial charge in [0.25, 0.3) is 0 Å². The Bertz CT molecular complexity index is 717. The van der Waals surface area contributed by atoms with Crippen LogP contribution in [0.25, 0.3) is 0 Å². The van der Waals surface area contributed by atoms with Crippen molar-refractivity contribution in [1.82, 2.24) is 0 Å². The van der Waals surface area contributed by atoms with Gasteiger partial charge in [0.05, 0.1) is 5.69 Å². The number of nitrogens with two attached hydrogens (primary N) is 2. The van der Waals surface area contributed by atoms with Gasteiger partial charge in [-0.25, -0.2) is 0 Å². The number of benzene rings is 1. The maximum atomic E-state index is 11.7. The summed E-state index contributed by atoms with van der Waals surface area (Å²) >= 11 is 0. The smallest absolute Gasteiger partial charge is 0.249 e. The van der Waals surface area contributed by atoms with E-state index in [1.807, 2.05) is 6.07 Å². The van der Waals surface area contributed by atoms with E-state index in [9.17, 15) is 9.59 Å². The zero-order valence-electron chi connectivity index (χ0n) is 11.0. The van der Waals surface area contributed by atoms with Crippen molar-refractivity contribution in [2.75, 3.05) is 5.73 Å². The fraction of sp³-hybridized carbons (Fsp3) is 0.333. The lowest BCUT2D eigenvalue weighted by atomic mass is 9.76. The molecule has 0 radical (unpaired) electrons. The molecule has 0 heterocycles. The molecule has 0 aliphatic heterocycles. The van der Waals surface area contributed by atoms with Crippen LogP contribution in [0.15, 0.2) is 27.8 Å². The molecular formula is C15H17ClN2O2. The summed E-state index contributed by atoms with van der Waals surface area (Å²) in [5.74, 6) is -0.0274. The van der Waals surface area contributed by atoms with Crippen LogP contribution in [0.5, 0.6) is 0 Å². The highest BCUT2D eigenvalue weighted by atomic mass is 35.5. The number of fused-ring (bicyclic) bond motifs is 1. The van der Waals surface area contributed by atoms with Crippen LogP contribution >= 0.6 is 12.4 Å². The number of nitrogen functional groups attached to an aromatic ring is 1. The van der Waals surface area contributed by atoms with Gasteiger partial charge in [0, 0.05) is 18.0 Å². The van der Waals surface area contributed by atoms with Crippen LogP contribution in [0.4, 0.5) is 5.69 Å². The molecule has 0 aromatic heterocycles. The second kappa shape index (κ2) is 5.38. The van der Waals surface area contributed by atoms with Crippen molar-refractivity contribution < 1.29 is 0 Å². The summed E-state index contributed by atoms with van der Waals surface area (Å²) in [5, 5.41) is 0. The molecular weight excluding hydrogens is 276 g/mol. The van der Waals surface area contributed by atoms with Gasteiger partial charge < -0.3 is 11.5 Å². The molecule has 106 valence electrons. The molecule has 1 aliphatic carbocycles. The zero-order valence-corrected chi connectivity index (χ0v) is 11.8. The third-order valence-electron chi connectivity index (χ3n) is 4.09. The van der Waals surface area contributed by atoms with E-state index in [0.29, 0.717) is 12.1 Å². The third kappa shape index (κ3) is 2.05. The highest BCUT2D eigenvalue weighted by molar-refractivity contribution is 5.85. The van der Waals surface area contributed by atoms with E-state index in [4.69, 9.17) is 11.5 Å². The van der Waals surface area contributed by atoms with Crippen molar-refractivity contribution >= 4 is 18.1 Å². The fourth-order valence-electron chi connectivity index (χ4n) is 3.05. The summed E-state index contributed by atoms with van der Waals surface area (Å²) < 4.78 is 0. The Kier molecular flexibility index (Phi) is 3.97. The molecule has 1 aliphatic rings. The molecule has 2 aromatic rings. The molecule has 0 fully saturated rings. The van der Waals surface area contributed by atoms with Crippen molar-refractivity contribution in [3.63, 3.8) is 0 Å². The SMILES string of the molecule is Cl.NCc1ccc2c(c1)C(c1c(N)c(=O)c1=O)CCC2. The van der Waals surface area contributed by atoms with Crippen molar-refractivity contribution in [2.45, 2.75) is 31.7 Å². The van der Waals surface area contributed by atoms with Crippen molar-refractivity contribution in [3.05, 3.63) is 60.9 Å². The second-order valence-electron chi connectivity index (χ2n) is 5.17. The number of hydrogen-bond donors (Lipinski definition) is 2. The Hall–Kier alpha value is -1.65. The summed E-state index contributed by atoms with van der Waals surface area (Å²) in [6, 6.07) is 6.15. The predicted molar refractivity (Wildman–Crippen MR) is 82.1 cm³/mol. The first-order valence-corrected chi connectivity index (χ1v) is 6.54. The van der Waals surface area contributed by atoms with E-state index in [2.05, 4.69) is 12.1 Å². The molecule has 20 heavy (non-hydrogen) atoms. The van der Waals surface area contributed by atoms with E-state index in [0.717, 1.165) is 30.4 Å². The summed E-state index contributed by atoms with van der Waals surface area (Å²) in [6.45, 7) is 0.474. The molecule has 4 N–H and O–H groups in total. The lowest BCUT2D eigenvalue weighted by Gasteiger charge is -2.27. The fourth-order valence-corrected chi connectivity index (χ4v) is 3.05. The first-order chi connectivity index (χ1) is 9.13. The topological polar surface area (TPSA) is 86.2 Å². The number of aryl methyl sites for hydroxylation is 1. The Balaban J connectivity index is 0.00000147. The molecule has 2 aromatic carbocycles. The third-order valence-corrected chi connectivity index (χ3v) is 4.09. The monoisotopic (exact) mass is 292 g/mol. The molecule has 1 unspecified atom stereocenters. The van der Waals surface area contributed by atoms with Crippen LogP contribution in [-0.2, 0) is 13.0 Å². The molecule has 5 heteroatoms. The van der Waals surface area contributed by atoms with Crippen molar-refractivity contribution in [3.8, 4) is 0 Å². The van der Waals surface area contributed by atoms with Crippen LogP contribution in [0, 0.1) is 0 Å². The zero-order chi connectivity index (χ0) is 13.6. The quantitative estimate of drug-likeness (QED) is 0.815. The molecule has 0 saturated carbocycles. The average molecular weight is 293 g/mol. The highest BCUT2D eigenvalue weighted by Gasteiger charge is 2.30. The Morgan fingerprint density at radius 1 is 1.20 bits per heavy atom. The molecule has 0 saturated heterocycles. The van der Waals surface area contributed by atoms with Crippen molar-refractivity contribution in [1.29, 1.82) is 0 Å². The van der Waals surface area contributed by atoms with E-state index >= 15 is 0 Å². The molecule has 0 spiro atoms. The van der Waals surface area contributed by atoms with Gasteiger partial charge in [0.1, 0.15) is 0 Å². The van der Waals surface area contributed by atoms with E-state index in [1.165, 1.54) is 5.56 Å². The number of halogens is 1. The Morgan fingerprint density at radius 3 is 2.60 bits per heavy atom. The van der Waals surface area contributed by atoms with Crippen LogP contribution in [-0.4, -0.2) is 0 Å². The maximum Gasteiger partial charge on any atom is 0.249 e. The molecule has 3 rings (SSSR count). The molecule has 4 nitrogen and oxygen atoms in total. The first kappa shape index (κ1) is 14.8. The highest BCUT2D eigenvalue weighted by Crippen LogP contribution is 2.37. The van der Waals surface area contributed by atoms with Crippen LogP contribution in [0.2, 0.25) is 0 Å². The van der Waals surface area contributed by atoms with E-state index in [-0.39, 0.29) is 24.0 Å². The van der Waals surface area contributed by atoms with E-state index < -0.39 is 10.9 Å². The van der Waals surface area contributed by atoms with Gasteiger partial charge in [0.2, 0.25) is 10.9 Å². The predicted octanol–water partition coefficient (Wildman–Crippen LogP) is 1.21. The van der Waals surface area contributed by atoms with Gasteiger partial charge in [-0.1, -0.05) is 18.2 Å².